The summed E-state index contributed by atoms with van der Waals surface area (Å²) in [5, 5.41) is 12.0. The van der Waals surface area contributed by atoms with Crippen molar-refractivity contribution in [2.45, 2.75) is 110 Å². The molecule has 1 unspecified atom stereocenters. The Morgan fingerprint density at radius 2 is 1.41 bits per heavy atom. The van der Waals surface area contributed by atoms with E-state index in [0.717, 1.165) is 57.8 Å². The minimum Gasteiger partial charge on any atom is -0.494 e. The molecule has 0 saturated heterocycles. The molecular formula is C41H54N2O8. The Kier molecular flexibility index (Phi) is 18.1. The molecular weight excluding hydrogens is 648 g/mol. The number of nitro benzene ring substituents is 1. The largest absolute Gasteiger partial charge is 0.494 e. The van der Waals surface area contributed by atoms with Gasteiger partial charge in [0.1, 0.15) is 17.2 Å². The molecule has 0 amide bonds. The lowest BCUT2D eigenvalue weighted by Crippen LogP contribution is -2.13. The molecule has 3 aromatic carbocycles. The Labute approximate surface area is 302 Å². The number of nitrogens with two attached hydrogens (primary N) is 1. The van der Waals surface area contributed by atoms with Crippen molar-refractivity contribution in [3.05, 3.63) is 89.0 Å². The van der Waals surface area contributed by atoms with Crippen molar-refractivity contribution in [3.63, 3.8) is 0 Å². The molecule has 0 aromatic heterocycles. The zero-order chi connectivity index (χ0) is 36.8. The summed E-state index contributed by atoms with van der Waals surface area (Å²) >= 11 is 0. The third-order valence-electron chi connectivity index (χ3n) is 8.55. The van der Waals surface area contributed by atoms with Crippen molar-refractivity contribution >= 4 is 23.3 Å². The smallest absolute Gasteiger partial charge is 0.343 e. The summed E-state index contributed by atoms with van der Waals surface area (Å²) < 4.78 is 22.3. The lowest BCUT2D eigenvalue weighted by Gasteiger charge is -2.17. The van der Waals surface area contributed by atoms with Crippen LogP contribution in [0, 0.1) is 10.1 Å². The second kappa shape index (κ2) is 22.8. The van der Waals surface area contributed by atoms with Crippen molar-refractivity contribution in [1.82, 2.24) is 0 Å². The van der Waals surface area contributed by atoms with Crippen LogP contribution in [0.5, 0.6) is 17.2 Å². The number of carbonyl (C=O) groups excluding carboxylic acids is 2. The molecule has 10 heteroatoms. The molecule has 276 valence electrons. The summed E-state index contributed by atoms with van der Waals surface area (Å²) in [5.41, 5.74) is 7.64. The molecule has 0 bridgehead atoms. The first-order valence-electron chi connectivity index (χ1n) is 18.3. The molecule has 51 heavy (non-hydrogen) atoms. The fourth-order valence-corrected chi connectivity index (χ4v) is 5.62. The molecule has 2 N–H and O–H groups in total. The fourth-order valence-electron chi connectivity index (χ4n) is 5.62. The number of nitrogens with zero attached hydrogens (tertiary/aromatic N) is 1. The fraction of sp³-hybridized carbons (Fsp3) is 0.463. The van der Waals surface area contributed by atoms with Crippen LogP contribution in [-0.2, 0) is 9.53 Å². The highest BCUT2D eigenvalue weighted by Crippen LogP contribution is 2.38. The molecule has 0 spiro atoms. The number of esters is 2. The summed E-state index contributed by atoms with van der Waals surface area (Å²) in [7, 11) is 0. The third kappa shape index (κ3) is 14.9. The van der Waals surface area contributed by atoms with Gasteiger partial charge in [0, 0.05) is 6.08 Å². The van der Waals surface area contributed by atoms with Gasteiger partial charge in [0.2, 0.25) is 0 Å². The van der Waals surface area contributed by atoms with Gasteiger partial charge in [-0.05, 0) is 80.6 Å². The van der Waals surface area contributed by atoms with Crippen LogP contribution in [-0.4, -0.2) is 36.2 Å². The van der Waals surface area contributed by atoms with Crippen LogP contribution < -0.4 is 19.9 Å². The maximum Gasteiger partial charge on any atom is 0.343 e. The Hall–Kier alpha value is -4.86. The van der Waals surface area contributed by atoms with Crippen LogP contribution in [0.3, 0.4) is 0 Å². The summed E-state index contributed by atoms with van der Waals surface area (Å²) in [5.74, 6) is 0.479. The molecule has 0 aliphatic heterocycles. The van der Waals surface area contributed by atoms with Crippen molar-refractivity contribution < 1.29 is 33.5 Å². The molecule has 3 aromatic rings. The third-order valence-corrected chi connectivity index (χ3v) is 8.55. The van der Waals surface area contributed by atoms with Gasteiger partial charge in [-0.1, -0.05) is 89.8 Å². The molecule has 0 aliphatic carbocycles. The number of rotatable bonds is 25. The molecule has 0 fully saturated rings. The van der Waals surface area contributed by atoms with E-state index in [1.807, 2.05) is 6.92 Å². The lowest BCUT2D eigenvalue weighted by molar-refractivity contribution is -0.384. The highest BCUT2D eigenvalue weighted by molar-refractivity contribution is 5.92. The van der Waals surface area contributed by atoms with Gasteiger partial charge in [0.15, 0.2) is 0 Å². The highest BCUT2D eigenvalue weighted by atomic mass is 16.6. The average Bonchev–Trinajstić information content (AvgIpc) is 3.13. The van der Waals surface area contributed by atoms with E-state index in [4.69, 9.17) is 24.7 Å². The predicted molar refractivity (Wildman–Crippen MR) is 201 cm³/mol. The van der Waals surface area contributed by atoms with E-state index in [1.54, 1.807) is 54.6 Å². The Balaban J connectivity index is 1.40. The molecule has 3 rings (SSSR count). The molecule has 10 nitrogen and oxygen atoms in total. The van der Waals surface area contributed by atoms with E-state index in [2.05, 4.69) is 13.5 Å². The normalized spacial score (nSPS) is 11.4. The van der Waals surface area contributed by atoms with Crippen molar-refractivity contribution in [2.24, 2.45) is 0 Å². The Morgan fingerprint density at radius 3 is 2.02 bits per heavy atom. The standard InChI is InChI=1S/C41H54N2O8/c1-4-6-7-15-18-31(3)50-39-30-38(43(46)47)36(29-37(39)42)32-19-21-33(22-20-32)41(45)51-35-25-23-34(24-26-35)48-27-16-13-11-9-8-10-12-14-17-28-49-40(44)5-2/h5,19-26,29-31H,2,4,6-18,27-28,42H2,1,3H3. The van der Waals surface area contributed by atoms with Gasteiger partial charge in [-0.15, -0.1) is 0 Å². The van der Waals surface area contributed by atoms with Crippen molar-refractivity contribution in [3.8, 4) is 28.4 Å². The van der Waals surface area contributed by atoms with Gasteiger partial charge in [-0.25, -0.2) is 9.59 Å². The zero-order valence-electron chi connectivity index (χ0n) is 30.2. The quantitative estimate of drug-likeness (QED) is 0.0174. The van der Waals surface area contributed by atoms with Gasteiger partial charge in [-0.3, -0.25) is 10.1 Å². The first kappa shape index (κ1) is 40.6. The minimum atomic E-state index is -0.546. The minimum absolute atomic E-state index is 0.119. The van der Waals surface area contributed by atoms with Crippen LogP contribution >= 0.6 is 0 Å². The summed E-state index contributed by atoms with van der Waals surface area (Å²) in [6, 6.07) is 16.3. The number of unbranched alkanes of at least 4 members (excludes halogenated alkanes) is 11. The second-order valence-corrected chi connectivity index (χ2v) is 12.8. The van der Waals surface area contributed by atoms with Crippen LogP contribution in [0.2, 0.25) is 0 Å². The number of anilines is 1. The number of carbonyl (C=O) groups is 2. The van der Waals surface area contributed by atoms with Crippen LogP contribution in [0.1, 0.15) is 114 Å². The van der Waals surface area contributed by atoms with Gasteiger partial charge >= 0.3 is 11.9 Å². The topological polar surface area (TPSA) is 140 Å². The molecule has 0 saturated carbocycles. The van der Waals surface area contributed by atoms with E-state index < -0.39 is 10.9 Å². The van der Waals surface area contributed by atoms with Gasteiger partial charge in [-0.2, -0.15) is 0 Å². The van der Waals surface area contributed by atoms with E-state index in [9.17, 15) is 19.7 Å². The van der Waals surface area contributed by atoms with Crippen molar-refractivity contribution in [2.75, 3.05) is 18.9 Å². The Bertz CT molecular complexity index is 1520. The number of nitro groups is 1. The number of hydrogen-bond donors (Lipinski definition) is 1. The average molecular weight is 703 g/mol. The second-order valence-electron chi connectivity index (χ2n) is 12.8. The van der Waals surface area contributed by atoms with E-state index in [1.165, 1.54) is 44.2 Å². The van der Waals surface area contributed by atoms with E-state index in [-0.39, 0.29) is 17.8 Å². The first-order chi connectivity index (χ1) is 24.7. The summed E-state index contributed by atoms with van der Waals surface area (Å²) in [6.07, 6.45) is 16.3. The zero-order valence-corrected chi connectivity index (χ0v) is 30.2. The number of benzene rings is 3. The SMILES string of the molecule is C=CC(=O)OCCCCCCCCCCCOc1ccc(OC(=O)c2ccc(-c3cc(N)c(OC(C)CCCCCC)cc3[N+](=O)[O-])cc2)cc1. The lowest BCUT2D eigenvalue weighted by atomic mass is 10.0. The van der Waals surface area contributed by atoms with E-state index in [0.29, 0.717) is 52.8 Å². The Morgan fingerprint density at radius 1 is 0.824 bits per heavy atom. The highest BCUT2D eigenvalue weighted by Gasteiger charge is 2.21. The summed E-state index contributed by atoms with van der Waals surface area (Å²) in [4.78, 5) is 35.4. The maximum absolute atomic E-state index is 12.8. The van der Waals surface area contributed by atoms with Crippen molar-refractivity contribution in [1.29, 1.82) is 0 Å². The van der Waals surface area contributed by atoms with Gasteiger partial charge in [0.05, 0.1) is 47.1 Å². The number of ether oxygens (including phenoxy) is 4. The van der Waals surface area contributed by atoms with Crippen LogP contribution in [0.25, 0.3) is 11.1 Å². The first-order valence-corrected chi connectivity index (χ1v) is 18.3. The predicted octanol–water partition coefficient (Wildman–Crippen LogP) is 10.4. The monoisotopic (exact) mass is 702 g/mol. The summed E-state index contributed by atoms with van der Waals surface area (Å²) in [6.45, 7) is 8.57. The van der Waals surface area contributed by atoms with Gasteiger partial charge < -0.3 is 24.7 Å². The van der Waals surface area contributed by atoms with Crippen LogP contribution in [0.15, 0.2) is 73.3 Å². The molecule has 0 aliphatic rings. The number of nitrogen functional groups attached to an aromatic ring is 1. The molecule has 1 atom stereocenters. The maximum atomic E-state index is 12.8. The van der Waals surface area contributed by atoms with Crippen LogP contribution in [0.4, 0.5) is 11.4 Å². The molecule has 0 heterocycles. The number of hydrogen-bond acceptors (Lipinski definition) is 9. The van der Waals surface area contributed by atoms with E-state index >= 15 is 0 Å². The molecule has 0 radical (unpaired) electrons. The van der Waals surface area contributed by atoms with Gasteiger partial charge in [0.25, 0.3) is 5.69 Å².